The van der Waals surface area contributed by atoms with E-state index in [0.717, 1.165) is 19.4 Å². The second kappa shape index (κ2) is 6.66. The van der Waals surface area contributed by atoms with Crippen LogP contribution in [-0.2, 0) is 11.3 Å². The highest BCUT2D eigenvalue weighted by Gasteiger charge is 2.23. The van der Waals surface area contributed by atoms with Crippen molar-refractivity contribution in [1.29, 1.82) is 0 Å². The van der Waals surface area contributed by atoms with E-state index in [1.807, 2.05) is 11.4 Å². The second-order valence-electron chi connectivity index (χ2n) is 3.92. The molecule has 90 valence electrons. The highest BCUT2D eigenvalue weighted by molar-refractivity contribution is 7.09. The molecule has 1 amide bonds. The number of carbonyl (C=O) groups is 1. The molecule has 16 heavy (non-hydrogen) atoms. The van der Waals surface area contributed by atoms with Crippen molar-refractivity contribution < 1.29 is 4.79 Å². The van der Waals surface area contributed by atoms with Gasteiger partial charge in [-0.15, -0.1) is 11.3 Å². The molecule has 1 unspecified atom stereocenters. The summed E-state index contributed by atoms with van der Waals surface area (Å²) < 4.78 is 0. The van der Waals surface area contributed by atoms with Gasteiger partial charge in [0.1, 0.15) is 0 Å². The van der Waals surface area contributed by atoms with Crippen molar-refractivity contribution in [3.63, 3.8) is 0 Å². The molecule has 0 saturated heterocycles. The molecule has 0 bridgehead atoms. The van der Waals surface area contributed by atoms with Crippen molar-refractivity contribution in [1.82, 2.24) is 5.32 Å². The number of hydrogen-bond acceptors (Lipinski definition) is 3. The first-order valence-corrected chi connectivity index (χ1v) is 6.62. The van der Waals surface area contributed by atoms with E-state index in [2.05, 4.69) is 25.2 Å². The normalized spacial score (nSPS) is 12.9. The van der Waals surface area contributed by atoms with Gasteiger partial charge in [-0.1, -0.05) is 32.8 Å². The fourth-order valence-corrected chi connectivity index (χ4v) is 2.54. The Morgan fingerprint density at radius 1 is 1.50 bits per heavy atom. The first-order valence-electron chi connectivity index (χ1n) is 5.74. The van der Waals surface area contributed by atoms with Gasteiger partial charge in [-0.3, -0.25) is 4.79 Å². The van der Waals surface area contributed by atoms with Crippen LogP contribution in [0.15, 0.2) is 17.5 Å². The minimum atomic E-state index is -0.245. The molecule has 1 rings (SSSR count). The third kappa shape index (κ3) is 3.61. The Balaban J connectivity index is 2.54. The fourth-order valence-electron chi connectivity index (χ4n) is 1.88. The summed E-state index contributed by atoms with van der Waals surface area (Å²) in [6, 6.07) is 3.86. The maximum atomic E-state index is 11.4. The zero-order valence-electron chi connectivity index (χ0n) is 9.90. The summed E-state index contributed by atoms with van der Waals surface area (Å²) in [5, 5.41) is 5.29. The third-order valence-electron chi connectivity index (χ3n) is 2.90. The average molecular weight is 240 g/mol. The molecule has 0 radical (unpaired) electrons. The lowest BCUT2D eigenvalue weighted by Crippen LogP contribution is -2.45. The highest BCUT2D eigenvalue weighted by atomic mass is 32.1. The first kappa shape index (κ1) is 13.2. The number of rotatable bonds is 7. The second-order valence-corrected chi connectivity index (χ2v) is 4.95. The Morgan fingerprint density at radius 3 is 2.62 bits per heavy atom. The largest absolute Gasteiger partial charge is 0.368 e. The molecule has 1 aromatic rings. The van der Waals surface area contributed by atoms with Gasteiger partial charge < -0.3 is 11.1 Å². The lowest BCUT2D eigenvalue weighted by Gasteiger charge is -2.23. The summed E-state index contributed by atoms with van der Waals surface area (Å²) in [6.45, 7) is 4.91. The van der Waals surface area contributed by atoms with Gasteiger partial charge in [0.25, 0.3) is 0 Å². The Labute approximate surface area is 101 Å². The molecule has 3 nitrogen and oxygen atoms in total. The minimum Gasteiger partial charge on any atom is -0.368 e. The SMILES string of the molecule is CCC(CC)C(NCc1cccs1)C(N)=O. The summed E-state index contributed by atoms with van der Waals surface area (Å²) in [4.78, 5) is 12.6. The zero-order valence-corrected chi connectivity index (χ0v) is 10.7. The van der Waals surface area contributed by atoms with Crippen LogP contribution in [-0.4, -0.2) is 11.9 Å². The maximum Gasteiger partial charge on any atom is 0.234 e. The van der Waals surface area contributed by atoms with E-state index >= 15 is 0 Å². The number of amides is 1. The Bertz CT molecular complexity index is 307. The van der Waals surface area contributed by atoms with Crippen LogP contribution in [0, 0.1) is 5.92 Å². The van der Waals surface area contributed by atoms with Gasteiger partial charge in [0, 0.05) is 11.4 Å². The van der Waals surface area contributed by atoms with Gasteiger partial charge in [-0.05, 0) is 17.4 Å². The van der Waals surface area contributed by atoms with E-state index in [4.69, 9.17) is 5.73 Å². The number of nitrogens with two attached hydrogens (primary N) is 1. The molecular formula is C12H20N2OS. The Kier molecular flexibility index (Phi) is 5.49. The summed E-state index contributed by atoms with van der Waals surface area (Å²) in [7, 11) is 0. The van der Waals surface area contributed by atoms with Crippen molar-refractivity contribution in [3.8, 4) is 0 Å². The van der Waals surface area contributed by atoms with Crippen LogP contribution in [0.5, 0.6) is 0 Å². The molecule has 0 fully saturated rings. The summed E-state index contributed by atoms with van der Waals surface area (Å²) in [6.07, 6.45) is 1.95. The van der Waals surface area contributed by atoms with Crippen LogP contribution >= 0.6 is 11.3 Å². The first-order chi connectivity index (χ1) is 7.69. The van der Waals surface area contributed by atoms with E-state index in [0.29, 0.717) is 5.92 Å². The Hall–Kier alpha value is -0.870. The van der Waals surface area contributed by atoms with Gasteiger partial charge in [-0.2, -0.15) is 0 Å². The van der Waals surface area contributed by atoms with Gasteiger partial charge in [-0.25, -0.2) is 0 Å². The van der Waals surface area contributed by atoms with E-state index in [1.54, 1.807) is 11.3 Å². The van der Waals surface area contributed by atoms with E-state index in [-0.39, 0.29) is 11.9 Å². The van der Waals surface area contributed by atoms with Crippen LogP contribution in [0.25, 0.3) is 0 Å². The molecule has 0 saturated carbocycles. The number of carbonyl (C=O) groups excluding carboxylic acids is 1. The third-order valence-corrected chi connectivity index (χ3v) is 3.78. The topological polar surface area (TPSA) is 55.1 Å². The fraction of sp³-hybridized carbons (Fsp3) is 0.583. The smallest absolute Gasteiger partial charge is 0.234 e. The molecule has 0 spiro atoms. The molecule has 1 heterocycles. The lowest BCUT2D eigenvalue weighted by molar-refractivity contribution is -0.121. The molecule has 4 heteroatoms. The zero-order chi connectivity index (χ0) is 12.0. The lowest BCUT2D eigenvalue weighted by atomic mass is 9.93. The van der Waals surface area contributed by atoms with Crippen LogP contribution in [0.3, 0.4) is 0 Å². The quantitative estimate of drug-likeness (QED) is 0.767. The summed E-state index contributed by atoms with van der Waals surface area (Å²) >= 11 is 1.69. The molecule has 0 aromatic carbocycles. The predicted octanol–water partition coefficient (Wildman–Crippen LogP) is 2.13. The maximum absolute atomic E-state index is 11.4. The van der Waals surface area contributed by atoms with Crippen molar-refractivity contribution in [2.75, 3.05) is 0 Å². The summed E-state index contributed by atoms with van der Waals surface area (Å²) in [5.41, 5.74) is 5.43. The van der Waals surface area contributed by atoms with Crippen molar-refractivity contribution in [3.05, 3.63) is 22.4 Å². The summed E-state index contributed by atoms with van der Waals surface area (Å²) in [5.74, 6) is 0.0859. The van der Waals surface area contributed by atoms with E-state index in [1.165, 1.54) is 4.88 Å². The van der Waals surface area contributed by atoms with Gasteiger partial charge in [0.2, 0.25) is 5.91 Å². The number of thiophene rings is 1. The van der Waals surface area contributed by atoms with Crippen LogP contribution in [0.4, 0.5) is 0 Å². The number of hydrogen-bond donors (Lipinski definition) is 2. The van der Waals surface area contributed by atoms with E-state index in [9.17, 15) is 4.79 Å². The molecule has 0 aliphatic heterocycles. The molecule has 0 aliphatic rings. The van der Waals surface area contributed by atoms with Crippen LogP contribution < -0.4 is 11.1 Å². The van der Waals surface area contributed by atoms with E-state index < -0.39 is 0 Å². The average Bonchev–Trinajstić information content (AvgIpc) is 2.76. The Morgan fingerprint density at radius 2 is 2.19 bits per heavy atom. The van der Waals surface area contributed by atoms with Crippen LogP contribution in [0.1, 0.15) is 31.6 Å². The standard InChI is InChI=1S/C12H20N2OS/c1-3-9(4-2)11(12(13)15)14-8-10-6-5-7-16-10/h5-7,9,11,14H,3-4,8H2,1-2H3,(H2,13,15). The monoisotopic (exact) mass is 240 g/mol. The minimum absolute atomic E-state index is 0.211. The van der Waals surface area contributed by atoms with Crippen molar-refractivity contribution >= 4 is 17.2 Å². The van der Waals surface area contributed by atoms with Gasteiger partial charge in [0.05, 0.1) is 6.04 Å². The van der Waals surface area contributed by atoms with Gasteiger partial charge in [0.15, 0.2) is 0 Å². The molecule has 3 N–H and O–H groups in total. The van der Waals surface area contributed by atoms with Crippen molar-refractivity contribution in [2.24, 2.45) is 11.7 Å². The molecule has 1 aromatic heterocycles. The molecule has 0 aliphatic carbocycles. The van der Waals surface area contributed by atoms with Crippen LogP contribution in [0.2, 0.25) is 0 Å². The molecular weight excluding hydrogens is 220 g/mol. The van der Waals surface area contributed by atoms with Gasteiger partial charge >= 0.3 is 0 Å². The highest BCUT2D eigenvalue weighted by Crippen LogP contribution is 2.15. The van der Waals surface area contributed by atoms with Crippen molar-refractivity contribution in [2.45, 2.75) is 39.3 Å². The number of nitrogens with one attached hydrogen (secondary N) is 1. The molecule has 1 atom stereocenters. The number of primary amides is 1. The predicted molar refractivity (Wildman–Crippen MR) is 68.2 cm³/mol.